The Bertz CT molecular complexity index is 777. The molecule has 6 heteroatoms. The zero-order valence-electron chi connectivity index (χ0n) is 12.7. The lowest BCUT2D eigenvalue weighted by Crippen LogP contribution is -2.15. The topological polar surface area (TPSA) is 25.4 Å². The van der Waals surface area contributed by atoms with E-state index in [1.54, 1.807) is 12.3 Å². The highest BCUT2D eigenvalue weighted by Gasteiger charge is 2.30. The molecule has 0 saturated carbocycles. The highest BCUT2D eigenvalue weighted by atomic mass is 35.5. The molecule has 3 nitrogen and oxygen atoms in total. The molecule has 3 rings (SSSR count). The van der Waals surface area contributed by atoms with E-state index >= 15 is 0 Å². The van der Waals surface area contributed by atoms with Gasteiger partial charge in [0, 0.05) is 30.9 Å². The van der Waals surface area contributed by atoms with Gasteiger partial charge in [-0.1, -0.05) is 29.3 Å². The molecular weight excluding hydrogens is 338 g/mol. The monoisotopic (exact) mass is 352 g/mol. The van der Waals surface area contributed by atoms with Crippen LogP contribution in [0.5, 0.6) is 5.75 Å². The lowest BCUT2D eigenvalue weighted by atomic mass is 10.1. The average Bonchev–Trinajstić information content (AvgIpc) is 3.35. The van der Waals surface area contributed by atoms with Crippen molar-refractivity contribution in [3.05, 3.63) is 63.5 Å². The Kier molecular flexibility index (Phi) is 4.46. The number of hydrogen-bond donors (Lipinski definition) is 0. The van der Waals surface area contributed by atoms with Crippen molar-refractivity contribution in [2.24, 2.45) is 0 Å². The molecule has 0 spiro atoms. The van der Waals surface area contributed by atoms with Crippen LogP contribution in [0.1, 0.15) is 18.1 Å². The number of benzene rings is 1. The lowest BCUT2D eigenvalue weighted by Gasteiger charge is -2.23. The Labute approximate surface area is 144 Å². The van der Waals surface area contributed by atoms with Gasteiger partial charge in [-0.3, -0.25) is 0 Å². The molecule has 0 N–H and O–H groups in total. The van der Waals surface area contributed by atoms with Crippen LogP contribution in [0.25, 0.3) is 0 Å². The highest BCUT2D eigenvalue weighted by Crippen LogP contribution is 2.44. The van der Waals surface area contributed by atoms with Crippen LogP contribution in [0.15, 0.2) is 42.1 Å². The van der Waals surface area contributed by atoms with E-state index in [1.807, 2.05) is 31.1 Å². The quantitative estimate of drug-likeness (QED) is 0.556. The molecule has 0 radical (unpaired) electrons. The summed E-state index contributed by atoms with van der Waals surface area (Å²) in [6.07, 6.45) is 3.98. The van der Waals surface area contributed by atoms with Crippen LogP contribution in [0.4, 0.5) is 10.2 Å². The zero-order chi connectivity index (χ0) is 16.6. The van der Waals surface area contributed by atoms with E-state index < -0.39 is 11.9 Å². The van der Waals surface area contributed by atoms with Gasteiger partial charge in [0.25, 0.3) is 0 Å². The molecule has 120 valence electrons. The second-order valence-corrected chi connectivity index (χ2v) is 6.24. The number of nitrogens with zero attached hydrogens (tertiary/aromatic N) is 2. The minimum Gasteiger partial charge on any atom is -0.477 e. The van der Waals surface area contributed by atoms with Gasteiger partial charge in [-0.15, -0.1) is 0 Å². The largest absolute Gasteiger partial charge is 0.477 e. The minimum absolute atomic E-state index is 0.00871. The van der Waals surface area contributed by atoms with Gasteiger partial charge < -0.3 is 9.64 Å². The molecule has 0 bridgehead atoms. The summed E-state index contributed by atoms with van der Waals surface area (Å²) in [7, 11) is 3.76. The maximum Gasteiger partial charge on any atom is 0.170 e. The van der Waals surface area contributed by atoms with Crippen molar-refractivity contribution in [3.8, 4) is 5.75 Å². The van der Waals surface area contributed by atoms with Crippen molar-refractivity contribution in [1.29, 1.82) is 0 Å². The third-order valence-electron chi connectivity index (χ3n) is 3.54. The van der Waals surface area contributed by atoms with Gasteiger partial charge in [0.1, 0.15) is 11.9 Å². The molecule has 1 aliphatic carbocycles. The standard InChI is InChI=1S/C17H15Cl2FN2O/c1-22(2)17-13(4-3-9-21-17)23-16(10-5-6-10)14-11(18)7-8-12(20)15(14)19/h3-5,7-9,16H,6H2,1-2H3. The fourth-order valence-electron chi connectivity index (χ4n) is 2.31. The van der Waals surface area contributed by atoms with Crippen molar-refractivity contribution in [2.45, 2.75) is 12.5 Å². The van der Waals surface area contributed by atoms with Crippen LogP contribution in [-0.2, 0) is 0 Å². The third-order valence-corrected chi connectivity index (χ3v) is 4.25. The summed E-state index contributed by atoms with van der Waals surface area (Å²) in [6, 6.07) is 6.35. The van der Waals surface area contributed by atoms with Crippen molar-refractivity contribution in [2.75, 3.05) is 19.0 Å². The third kappa shape index (κ3) is 3.28. The number of aromatic nitrogens is 1. The first-order valence-corrected chi connectivity index (χ1v) is 7.86. The van der Waals surface area contributed by atoms with E-state index in [4.69, 9.17) is 27.9 Å². The van der Waals surface area contributed by atoms with Gasteiger partial charge in [-0.05, 0) is 36.3 Å². The van der Waals surface area contributed by atoms with Crippen molar-refractivity contribution in [3.63, 3.8) is 0 Å². The summed E-state index contributed by atoms with van der Waals surface area (Å²) in [5, 5.41) is 0.370. The zero-order valence-corrected chi connectivity index (χ0v) is 14.2. The summed E-state index contributed by atoms with van der Waals surface area (Å²) in [6.45, 7) is 0. The number of pyridine rings is 1. The summed E-state index contributed by atoms with van der Waals surface area (Å²) in [5.74, 6) is 0.758. The van der Waals surface area contributed by atoms with Gasteiger partial charge in [0.05, 0.1) is 5.02 Å². The van der Waals surface area contributed by atoms with Gasteiger partial charge in [-0.2, -0.15) is 0 Å². The molecule has 1 unspecified atom stereocenters. The van der Waals surface area contributed by atoms with Gasteiger partial charge >= 0.3 is 0 Å². The Morgan fingerprint density at radius 2 is 2.00 bits per heavy atom. The number of anilines is 1. The second-order valence-electron chi connectivity index (χ2n) is 5.46. The van der Waals surface area contributed by atoms with E-state index in [0.717, 1.165) is 12.0 Å². The Balaban J connectivity index is 2.03. The fraction of sp³-hybridized carbons (Fsp3) is 0.235. The van der Waals surface area contributed by atoms with E-state index in [-0.39, 0.29) is 5.02 Å². The van der Waals surface area contributed by atoms with Crippen LogP contribution in [0.3, 0.4) is 0 Å². The molecule has 1 heterocycles. The maximum absolute atomic E-state index is 13.9. The number of allylic oxidation sites excluding steroid dienone is 1. The summed E-state index contributed by atoms with van der Waals surface area (Å²) < 4.78 is 20.0. The van der Waals surface area contributed by atoms with Gasteiger partial charge in [-0.25, -0.2) is 9.37 Å². The van der Waals surface area contributed by atoms with Crippen molar-refractivity contribution < 1.29 is 9.13 Å². The predicted molar refractivity (Wildman–Crippen MR) is 91.1 cm³/mol. The molecule has 1 atom stereocenters. The molecule has 1 aromatic heterocycles. The van der Waals surface area contributed by atoms with Gasteiger partial charge in [0.15, 0.2) is 11.6 Å². The first-order valence-electron chi connectivity index (χ1n) is 7.10. The molecule has 0 amide bonds. The van der Waals surface area contributed by atoms with Crippen LogP contribution < -0.4 is 9.64 Å². The van der Waals surface area contributed by atoms with Crippen LogP contribution in [-0.4, -0.2) is 19.1 Å². The molecule has 0 aliphatic heterocycles. The van der Waals surface area contributed by atoms with Gasteiger partial charge in [0.2, 0.25) is 0 Å². The minimum atomic E-state index is -0.520. The molecule has 0 fully saturated rings. The summed E-state index contributed by atoms with van der Waals surface area (Å²) in [5.41, 5.74) is 1.47. The molecular formula is C17H15Cl2FN2O. The molecule has 1 aliphatic rings. The van der Waals surface area contributed by atoms with Crippen molar-refractivity contribution in [1.82, 2.24) is 4.98 Å². The van der Waals surface area contributed by atoms with Crippen LogP contribution >= 0.6 is 23.2 Å². The summed E-state index contributed by atoms with van der Waals surface area (Å²) >= 11 is 12.4. The highest BCUT2D eigenvalue weighted by molar-refractivity contribution is 6.36. The molecule has 2 aromatic rings. The lowest BCUT2D eigenvalue weighted by molar-refractivity contribution is 0.247. The maximum atomic E-state index is 13.9. The second kappa shape index (κ2) is 6.38. The normalized spacial score (nSPS) is 14.2. The number of hydrogen-bond acceptors (Lipinski definition) is 3. The first kappa shape index (κ1) is 16.1. The molecule has 0 saturated heterocycles. The molecule has 1 aromatic carbocycles. The first-order chi connectivity index (χ1) is 11.0. The molecule has 23 heavy (non-hydrogen) atoms. The van der Waals surface area contributed by atoms with Crippen LogP contribution in [0, 0.1) is 5.82 Å². The summed E-state index contributed by atoms with van der Waals surface area (Å²) in [4.78, 5) is 6.16. The SMILES string of the molecule is CN(C)c1ncccc1OC(C1=CC1)c1c(Cl)ccc(F)c1Cl. The van der Waals surface area contributed by atoms with Crippen molar-refractivity contribution >= 4 is 29.0 Å². The Hall–Kier alpha value is -1.78. The number of rotatable bonds is 5. The van der Waals surface area contributed by atoms with E-state index in [0.29, 0.717) is 22.2 Å². The number of halogens is 3. The van der Waals surface area contributed by atoms with Crippen LogP contribution in [0.2, 0.25) is 10.0 Å². The van der Waals surface area contributed by atoms with E-state index in [1.165, 1.54) is 12.1 Å². The Morgan fingerprint density at radius 1 is 1.26 bits per heavy atom. The fourth-order valence-corrected chi connectivity index (χ4v) is 2.88. The Morgan fingerprint density at radius 3 is 2.65 bits per heavy atom. The smallest absolute Gasteiger partial charge is 0.170 e. The van der Waals surface area contributed by atoms with E-state index in [2.05, 4.69) is 4.98 Å². The predicted octanol–water partition coefficient (Wildman–Crippen LogP) is 5.04. The van der Waals surface area contributed by atoms with E-state index in [9.17, 15) is 4.39 Å². The average molecular weight is 353 g/mol. The number of ether oxygens (including phenoxy) is 1.